The molecular weight excluding hydrogens is 142 g/mol. The fraction of sp³-hybridized carbons (Fsp3) is 1.00. The molecule has 0 bridgehead atoms. The zero-order valence-corrected chi connectivity index (χ0v) is 7.70. The molecule has 1 saturated carbocycles. The van der Waals surface area contributed by atoms with Crippen LogP contribution < -0.4 is 5.73 Å². The minimum Gasteiger partial charge on any atom is -0.325 e. The minimum atomic E-state index is 0.163. The van der Waals surface area contributed by atoms with Gasteiger partial charge >= 0.3 is 0 Å². The zero-order chi connectivity index (χ0) is 7.78. The molecule has 1 nitrogen and oxygen atoms in total. The first-order chi connectivity index (χ1) is 4.60. The number of rotatable bonds is 3. The van der Waals surface area contributed by atoms with E-state index in [4.69, 9.17) is 5.73 Å². The number of hydrogen-bond acceptors (Lipinski definition) is 2. The topological polar surface area (TPSA) is 26.0 Å². The van der Waals surface area contributed by atoms with Crippen molar-refractivity contribution in [1.29, 1.82) is 0 Å². The molecule has 60 valence electrons. The van der Waals surface area contributed by atoms with Crippen LogP contribution in [0, 0.1) is 11.8 Å². The molecule has 0 heterocycles. The molecule has 1 aliphatic carbocycles. The first kappa shape index (κ1) is 8.41. The standard InChI is InChI=1S/C8H17NS/c1-6(2)7-5-8(7,9)3-4-10/h6-7,10H,3-5,9H2,1-2H3. The van der Waals surface area contributed by atoms with Crippen LogP contribution in [0.25, 0.3) is 0 Å². The van der Waals surface area contributed by atoms with E-state index in [2.05, 4.69) is 26.5 Å². The van der Waals surface area contributed by atoms with Gasteiger partial charge in [-0.25, -0.2) is 0 Å². The Morgan fingerprint density at radius 2 is 2.30 bits per heavy atom. The Bertz CT molecular complexity index is 124. The van der Waals surface area contributed by atoms with Gasteiger partial charge in [0.2, 0.25) is 0 Å². The van der Waals surface area contributed by atoms with Crippen molar-refractivity contribution in [1.82, 2.24) is 0 Å². The summed E-state index contributed by atoms with van der Waals surface area (Å²) in [4.78, 5) is 0. The van der Waals surface area contributed by atoms with Crippen molar-refractivity contribution in [2.24, 2.45) is 17.6 Å². The van der Waals surface area contributed by atoms with Crippen molar-refractivity contribution in [3.05, 3.63) is 0 Å². The zero-order valence-electron chi connectivity index (χ0n) is 6.80. The third-order valence-electron chi connectivity index (χ3n) is 2.56. The van der Waals surface area contributed by atoms with E-state index in [1.165, 1.54) is 6.42 Å². The summed E-state index contributed by atoms with van der Waals surface area (Å²) < 4.78 is 0. The Labute approximate surface area is 68.8 Å². The van der Waals surface area contributed by atoms with Crippen LogP contribution in [0.4, 0.5) is 0 Å². The maximum absolute atomic E-state index is 6.05. The molecule has 0 aromatic rings. The molecule has 0 spiro atoms. The van der Waals surface area contributed by atoms with Crippen molar-refractivity contribution in [2.45, 2.75) is 32.2 Å². The third-order valence-corrected chi connectivity index (χ3v) is 2.78. The summed E-state index contributed by atoms with van der Waals surface area (Å²) in [6, 6.07) is 0. The largest absolute Gasteiger partial charge is 0.325 e. The van der Waals surface area contributed by atoms with Crippen molar-refractivity contribution in [2.75, 3.05) is 5.75 Å². The fourth-order valence-electron chi connectivity index (χ4n) is 1.75. The average molecular weight is 159 g/mol. The van der Waals surface area contributed by atoms with E-state index in [0.717, 1.165) is 24.0 Å². The molecule has 0 radical (unpaired) electrons. The lowest BCUT2D eigenvalue weighted by Gasteiger charge is -2.11. The molecule has 1 rings (SSSR count). The van der Waals surface area contributed by atoms with Gasteiger partial charge in [-0.15, -0.1) is 0 Å². The predicted octanol–water partition coefficient (Wildman–Crippen LogP) is 1.68. The molecule has 0 aromatic carbocycles. The van der Waals surface area contributed by atoms with Gasteiger partial charge in [0.1, 0.15) is 0 Å². The molecule has 0 saturated heterocycles. The van der Waals surface area contributed by atoms with Crippen LogP contribution in [-0.2, 0) is 0 Å². The Morgan fingerprint density at radius 3 is 2.60 bits per heavy atom. The van der Waals surface area contributed by atoms with Crippen LogP contribution >= 0.6 is 12.6 Å². The highest BCUT2D eigenvalue weighted by Crippen LogP contribution is 2.48. The molecule has 0 aliphatic heterocycles. The normalized spacial score (nSPS) is 38.7. The molecule has 2 unspecified atom stereocenters. The van der Waals surface area contributed by atoms with E-state index in [9.17, 15) is 0 Å². The molecule has 0 aromatic heterocycles. The van der Waals surface area contributed by atoms with Gasteiger partial charge < -0.3 is 5.73 Å². The molecule has 1 aliphatic rings. The predicted molar refractivity (Wildman–Crippen MR) is 48.3 cm³/mol. The van der Waals surface area contributed by atoms with E-state index in [1.54, 1.807) is 0 Å². The summed E-state index contributed by atoms with van der Waals surface area (Å²) in [5.41, 5.74) is 6.22. The summed E-state index contributed by atoms with van der Waals surface area (Å²) >= 11 is 4.18. The van der Waals surface area contributed by atoms with E-state index in [-0.39, 0.29) is 5.54 Å². The first-order valence-corrected chi connectivity index (χ1v) is 4.63. The summed E-state index contributed by atoms with van der Waals surface area (Å²) in [6.07, 6.45) is 2.30. The highest BCUT2D eigenvalue weighted by molar-refractivity contribution is 7.80. The van der Waals surface area contributed by atoms with E-state index < -0.39 is 0 Å². The summed E-state index contributed by atoms with van der Waals surface area (Å²) in [5.74, 6) is 2.45. The van der Waals surface area contributed by atoms with Crippen LogP contribution in [0.1, 0.15) is 26.7 Å². The van der Waals surface area contributed by atoms with Crippen LogP contribution in [0.3, 0.4) is 0 Å². The van der Waals surface area contributed by atoms with E-state index in [0.29, 0.717) is 0 Å². The third kappa shape index (κ3) is 1.48. The lowest BCUT2D eigenvalue weighted by molar-refractivity contribution is 0.471. The monoisotopic (exact) mass is 159 g/mol. The van der Waals surface area contributed by atoms with Gasteiger partial charge in [0.05, 0.1) is 0 Å². The van der Waals surface area contributed by atoms with Crippen LogP contribution in [0.15, 0.2) is 0 Å². The second-order valence-electron chi connectivity index (χ2n) is 3.76. The van der Waals surface area contributed by atoms with Gasteiger partial charge in [-0.1, -0.05) is 13.8 Å². The molecule has 1 fully saturated rings. The number of thiol groups is 1. The second-order valence-corrected chi connectivity index (χ2v) is 4.21. The number of hydrogen-bond donors (Lipinski definition) is 2. The first-order valence-electron chi connectivity index (χ1n) is 4.00. The molecular formula is C8H17NS. The highest BCUT2D eigenvalue weighted by Gasteiger charge is 2.51. The Kier molecular flexibility index (Phi) is 2.31. The van der Waals surface area contributed by atoms with Crippen LogP contribution in [0.2, 0.25) is 0 Å². The van der Waals surface area contributed by atoms with Crippen molar-refractivity contribution in [3.63, 3.8) is 0 Å². The average Bonchev–Trinajstić information content (AvgIpc) is 2.43. The van der Waals surface area contributed by atoms with E-state index in [1.807, 2.05) is 0 Å². The molecule has 2 N–H and O–H groups in total. The Balaban J connectivity index is 2.33. The van der Waals surface area contributed by atoms with Gasteiger partial charge in [-0.2, -0.15) is 12.6 Å². The maximum Gasteiger partial charge on any atom is 0.0197 e. The maximum atomic E-state index is 6.05. The Hall–Kier alpha value is 0.310. The van der Waals surface area contributed by atoms with Gasteiger partial charge in [0.15, 0.2) is 0 Å². The summed E-state index contributed by atoms with van der Waals surface area (Å²) in [6.45, 7) is 4.50. The van der Waals surface area contributed by atoms with Gasteiger partial charge in [-0.3, -0.25) is 0 Å². The highest BCUT2D eigenvalue weighted by atomic mass is 32.1. The Morgan fingerprint density at radius 1 is 1.70 bits per heavy atom. The quantitative estimate of drug-likeness (QED) is 0.602. The molecule has 0 amide bonds. The molecule has 2 heteroatoms. The van der Waals surface area contributed by atoms with Crippen LogP contribution in [0.5, 0.6) is 0 Å². The molecule has 10 heavy (non-hydrogen) atoms. The molecule has 2 atom stereocenters. The SMILES string of the molecule is CC(C)C1CC1(N)CCS. The van der Waals surface area contributed by atoms with Gasteiger partial charge in [0.25, 0.3) is 0 Å². The summed E-state index contributed by atoms with van der Waals surface area (Å²) in [7, 11) is 0. The lowest BCUT2D eigenvalue weighted by atomic mass is 10.0. The van der Waals surface area contributed by atoms with Gasteiger partial charge in [0, 0.05) is 5.54 Å². The second kappa shape index (κ2) is 2.74. The van der Waals surface area contributed by atoms with E-state index >= 15 is 0 Å². The van der Waals surface area contributed by atoms with Crippen molar-refractivity contribution in [3.8, 4) is 0 Å². The summed E-state index contributed by atoms with van der Waals surface area (Å²) in [5, 5.41) is 0. The van der Waals surface area contributed by atoms with Gasteiger partial charge in [-0.05, 0) is 30.4 Å². The fourth-order valence-corrected chi connectivity index (χ4v) is 2.16. The lowest BCUT2D eigenvalue weighted by Crippen LogP contribution is -2.26. The number of nitrogens with two attached hydrogens (primary N) is 1. The smallest absolute Gasteiger partial charge is 0.0197 e. The minimum absolute atomic E-state index is 0.163. The van der Waals surface area contributed by atoms with Crippen molar-refractivity contribution < 1.29 is 0 Å². The van der Waals surface area contributed by atoms with Crippen LogP contribution in [-0.4, -0.2) is 11.3 Å². The van der Waals surface area contributed by atoms with Crippen molar-refractivity contribution >= 4 is 12.6 Å².